The summed E-state index contributed by atoms with van der Waals surface area (Å²) in [7, 11) is 5.80. The zero-order valence-corrected chi connectivity index (χ0v) is 25.5. The summed E-state index contributed by atoms with van der Waals surface area (Å²) in [5.74, 6) is 0.697. The van der Waals surface area contributed by atoms with Crippen molar-refractivity contribution < 1.29 is 28.3 Å². The molecular weight excluding hydrogens is 584 g/mol. The lowest BCUT2D eigenvalue weighted by atomic mass is 10.0. The number of aryl methyl sites for hydroxylation is 4. The fraction of sp³-hybridized carbons (Fsp3) is 0.333. The number of aromatic nitrogens is 2. The SMILES string of the molecule is C.COc1[nH]c(CCc2ccc([18F])cc2)c(C)c(=O)c1OC.COc1[nH]c(CCc2ccc([N+](=O)[O-])cc2)c(C)c(=O)c1OC. The van der Waals surface area contributed by atoms with E-state index in [-0.39, 0.29) is 41.3 Å². The van der Waals surface area contributed by atoms with Gasteiger partial charge in [0.1, 0.15) is 5.82 Å². The number of H-pyrrole nitrogens is 2. The highest BCUT2D eigenvalue weighted by Crippen LogP contribution is 2.23. The number of nitro groups is 1. The fourth-order valence-electron chi connectivity index (χ4n) is 4.53. The molecule has 11 nitrogen and oxygen atoms in total. The molecule has 2 aromatic carbocycles. The predicted molar refractivity (Wildman–Crippen MR) is 171 cm³/mol. The molecule has 12 heteroatoms. The van der Waals surface area contributed by atoms with E-state index in [1.54, 1.807) is 38.1 Å². The first kappa shape index (κ1) is 36.1. The molecule has 0 bridgehead atoms. The molecule has 0 saturated carbocycles. The van der Waals surface area contributed by atoms with Crippen LogP contribution in [0.4, 0.5) is 10.1 Å². The number of pyridine rings is 2. The van der Waals surface area contributed by atoms with Crippen molar-refractivity contribution in [3.05, 3.63) is 119 Å². The summed E-state index contributed by atoms with van der Waals surface area (Å²) in [4.78, 5) is 40.8. The summed E-state index contributed by atoms with van der Waals surface area (Å²) in [6.07, 6.45) is 2.56. The van der Waals surface area contributed by atoms with Gasteiger partial charge in [0.15, 0.2) is 0 Å². The number of methoxy groups -OCH3 is 4. The second-order valence-corrected chi connectivity index (χ2v) is 9.80. The van der Waals surface area contributed by atoms with Crippen LogP contribution >= 0.6 is 0 Å². The van der Waals surface area contributed by atoms with Gasteiger partial charge in [-0.2, -0.15) is 0 Å². The molecule has 2 aromatic heterocycles. The van der Waals surface area contributed by atoms with Crippen molar-refractivity contribution in [3.63, 3.8) is 0 Å². The number of hydrogen-bond acceptors (Lipinski definition) is 8. The Bertz CT molecular complexity index is 1700. The van der Waals surface area contributed by atoms with Crippen LogP contribution in [0.15, 0.2) is 58.1 Å². The molecule has 242 valence electrons. The molecule has 0 aliphatic rings. The van der Waals surface area contributed by atoms with E-state index in [9.17, 15) is 24.1 Å². The van der Waals surface area contributed by atoms with Gasteiger partial charge in [0.25, 0.3) is 5.69 Å². The van der Waals surface area contributed by atoms with E-state index in [0.29, 0.717) is 48.6 Å². The van der Waals surface area contributed by atoms with E-state index in [0.717, 1.165) is 22.5 Å². The molecule has 2 heterocycles. The largest absolute Gasteiger partial charge is 0.488 e. The lowest BCUT2D eigenvalue weighted by Crippen LogP contribution is -2.15. The average Bonchev–Trinajstić information content (AvgIpc) is 3.03. The van der Waals surface area contributed by atoms with Crippen molar-refractivity contribution in [1.29, 1.82) is 0 Å². The highest BCUT2D eigenvalue weighted by atomic mass is 18.2. The van der Waals surface area contributed by atoms with Gasteiger partial charge in [-0.25, -0.2) is 4.39 Å². The molecular formula is C33H40FN3O8. The molecule has 45 heavy (non-hydrogen) atoms. The Morgan fingerprint density at radius 1 is 0.667 bits per heavy atom. The molecule has 4 rings (SSSR count). The number of rotatable bonds is 11. The lowest BCUT2D eigenvalue weighted by Gasteiger charge is -2.12. The minimum atomic E-state index is -0.431. The Balaban J connectivity index is 0.000000308. The van der Waals surface area contributed by atoms with Crippen LogP contribution in [0.1, 0.15) is 41.1 Å². The summed E-state index contributed by atoms with van der Waals surface area (Å²) in [6, 6.07) is 12.7. The van der Waals surface area contributed by atoms with E-state index in [2.05, 4.69) is 9.97 Å². The molecule has 0 fully saturated rings. The molecule has 0 radical (unpaired) electrons. The number of aromatic amines is 2. The monoisotopic (exact) mass is 624 g/mol. The van der Waals surface area contributed by atoms with Gasteiger partial charge < -0.3 is 28.9 Å². The van der Waals surface area contributed by atoms with Crippen LogP contribution in [0.2, 0.25) is 0 Å². The van der Waals surface area contributed by atoms with Crippen molar-refractivity contribution in [2.75, 3.05) is 28.4 Å². The minimum absolute atomic E-state index is 0. The molecule has 0 unspecified atom stereocenters. The van der Waals surface area contributed by atoms with Crippen LogP contribution in [0, 0.1) is 29.8 Å². The summed E-state index contributed by atoms with van der Waals surface area (Å²) in [5, 5.41) is 10.6. The van der Waals surface area contributed by atoms with Gasteiger partial charge >= 0.3 is 0 Å². The number of hydrogen-bond donors (Lipinski definition) is 2. The molecule has 0 saturated heterocycles. The summed E-state index contributed by atoms with van der Waals surface area (Å²) in [6.45, 7) is 3.48. The second kappa shape index (κ2) is 16.6. The Morgan fingerprint density at radius 2 is 1.04 bits per heavy atom. The van der Waals surface area contributed by atoms with Gasteiger partial charge in [-0.3, -0.25) is 19.7 Å². The number of nitrogens with one attached hydrogen (secondary N) is 2. The Labute approximate surface area is 261 Å². The summed E-state index contributed by atoms with van der Waals surface area (Å²) in [5.41, 5.74) is 4.36. The number of benzene rings is 2. The number of nitrogens with zero attached hydrogens (tertiary/aromatic N) is 1. The highest BCUT2D eigenvalue weighted by Gasteiger charge is 2.16. The van der Waals surface area contributed by atoms with Crippen molar-refractivity contribution in [1.82, 2.24) is 9.97 Å². The minimum Gasteiger partial charge on any atom is -0.488 e. The van der Waals surface area contributed by atoms with Gasteiger partial charge in [0.2, 0.25) is 34.1 Å². The van der Waals surface area contributed by atoms with E-state index < -0.39 is 4.92 Å². The quantitative estimate of drug-likeness (QED) is 0.161. The van der Waals surface area contributed by atoms with Crippen molar-refractivity contribution in [2.45, 2.75) is 47.0 Å². The fourth-order valence-corrected chi connectivity index (χ4v) is 4.53. The number of ether oxygens (including phenoxy) is 4. The molecule has 2 N–H and O–H groups in total. The third-order valence-corrected chi connectivity index (χ3v) is 7.14. The van der Waals surface area contributed by atoms with Gasteiger partial charge in [0, 0.05) is 34.6 Å². The predicted octanol–water partition coefficient (Wildman–Crippen LogP) is 5.65. The standard InChI is InChI=1S/C16H18FNO3.C16H18N2O5.CH4/c1-10-13(9-6-11-4-7-12(17)8-5-11)18-16(21-3)15(20-2)14(10)19;1-10-13(17-16(23-3)15(22-2)14(10)19)9-6-11-4-7-12(8-5-11)18(20)21;/h4-5,7-8H,6,9H2,1-3H3,(H,18,19);4-5,7-8H,6,9H2,1-3H3,(H,17,19);1H4/i17-1;;. The molecule has 0 spiro atoms. The second-order valence-electron chi connectivity index (χ2n) is 9.80. The lowest BCUT2D eigenvalue weighted by molar-refractivity contribution is -0.384. The first-order valence-corrected chi connectivity index (χ1v) is 13.7. The Morgan fingerprint density at radius 3 is 1.38 bits per heavy atom. The maximum Gasteiger partial charge on any atom is 0.269 e. The van der Waals surface area contributed by atoms with E-state index in [4.69, 9.17) is 18.9 Å². The molecule has 0 atom stereocenters. The highest BCUT2D eigenvalue weighted by molar-refractivity contribution is 5.41. The smallest absolute Gasteiger partial charge is 0.269 e. The van der Waals surface area contributed by atoms with E-state index in [1.165, 1.54) is 52.7 Å². The third-order valence-electron chi connectivity index (χ3n) is 7.14. The maximum absolute atomic E-state index is 12.9. The van der Waals surface area contributed by atoms with Crippen LogP contribution in [0.3, 0.4) is 0 Å². The van der Waals surface area contributed by atoms with Gasteiger partial charge in [0.05, 0.1) is 33.4 Å². The molecule has 0 aliphatic carbocycles. The first-order valence-electron chi connectivity index (χ1n) is 13.7. The van der Waals surface area contributed by atoms with Crippen LogP contribution in [0.25, 0.3) is 0 Å². The number of halogens is 1. The van der Waals surface area contributed by atoms with Crippen LogP contribution < -0.4 is 29.8 Å². The molecule has 4 aromatic rings. The number of nitro benzene ring substituents is 1. The normalized spacial score (nSPS) is 10.2. The van der Waals surface area contributed by atoms with Crippen molar-refractivity contribution >= 4 is 5.69 Å². The topological polar surface area (TPSA) is 146 Å². The average molecular weight is 625 g/mol. The third kappa shape index (κ3) is 8.94. The summed E-state index contributed by atoms with van der Waals surface area (Å²) < 4.78 is 33.3. The Hall–Kier alpha value is -5.13. The molecule has 0 amide bonds. The maximum atomic E-state index is 12.9. The van der Waals surface area contributed by atoms with Gasteiger partial charge in [-0.05, 0) is 62.8 Å². The van der Waals surface area contributed by atoms with Crippen molar-refractivity contribution in [2.24, 2.45) is 0 Å². The van der Waals surface area contributed by atoms with Crippen LogP contribution in [-0.4, -0.2) is 43.3 Å². The van der Waals surface area contributed by atoms with Gasteiger partial charge in [-0.15, -0.1) is 0 Å². The van der Waals surface area contributed by atoms with E-state index in [1.807, 2.05) is 0 Å². The van der Waals surface area contributed by atoms with Crippen molar-refractivity contribution in [3.8, 4) is 23.3 Å². The first-order chi connectivity index (χ1) is 21.0. The Kier molecular flexibility index (Phi) is 13.3. The zero-order valence-electron chi connectivity index (χ0n) is 25.5. The van der Waals surface area contributed by atoms with Crippen LogP contribution in [-0.2, 0) is 25.7 Å². The van der Waals surface area contributed by atoms with E-state index >= 15 is 0 Å². The molecule has 0 aliphatic heterocycles. The number of non-ortho nitro benzene ring substituents is 1. The summed E-state index contributed by atoms with van der Waals surface area (Å²) >= 11 is 0. The zero-order chi connectivity index (χ0) is 32.4. The van der Waals surface area contributed by atoms with Crippen LogP contribution in [0.5, 0.6) is 23.3 Å². The van der Waals surface area contributed by atoms with Gasteiger partial charge in [-0.1, -0.05) is 31.7 Å².